The molecular weight excluding hydrogens is 351 g/mol. The second kappa shape index (κ2) is 8.07. The molecule has 0 bridgehead atoms. The molecule has 2 aromatic carbocycles. The highest BCUT2D eigenvalue weighted by molar-refractivity contribution is 6.09. The van der Waals surface area contributed by atoms with Gasteiger partial charge in [-0.2, -0.15) is 0 Å². The summed E-state index contributed by atoms with van der Waals surface area (Å²) in [6.07, 6.45) is 0.418. The maximum Gasteiger partial charge on any atom is 0.239 e. The molecule has 0 aromatic heterocycles. The molecule has 0 unspecified atom stereocenters. The lowest BCUT2D eigenvalue weighted by Crippen LogP contribution is -2.36. The highest BCUT2D eigenvalue weighted by atomic mass is 19.1. The molecule has 27 heavy (non-hydrogen) atoms. The lowest BCUT2D eigenvalue weighted by atomic mass is 10.1. The number of nitrogens with zero attached hydrogens (tertiary/aromatic N) is 1. The van der Waals surface area contributed by atoms with Crippen LogP contribution in [0.4, 0.5) is 10.1 Å². The minimum Gasteiger partial charge on any atom is -0.497 e. The molecule has 1 aliphatic rings. The van der Waals surface area contributed by atoms with E-state index < -0.39 is 5.92 Å². The smallest absolute Gasteiger partial charge is 0.239 e. The van der Waals surface area contributed by atoms with Gasteiger partial charge in [0.05, 0.1) is 14.2 Å². The van der Waals surface area contributed by atoms with E-state index in [2.05, 4.69) is 5.32 Å². The Morgan fingerprint density at radius 2 is 1.93 bits per heavy atom. The summed E-state index contributed by atoms with van der Waals surface area (Å²) in [7, 11) is 3.11. The third kappa shape index (κ3) is 4.02. The molecule has 1 aliphatic heterocycles. The number of carbonyl (C=O) groups is 2. The van der Waals surface area contributed by atoms with Crippen molar-refractivity contribution in [3.05, 3.63) is 53.8 Å². The first-order valence-electron chi connectivity index (χ1n) is 8.59. The Labute approximate surface area is 156 Å². The fraction of sp³-hybridized carbons (Fsp3) is 0.300. The van der Waals surface area contributed by atoms with E-state index in [1.165, 1.54) is 29.2 Å². The predicted octanol–water partition coefficient (Wildman–Crippen LogP) is 2.51. The molecule has 3 rings (SSSR count). The molecule has 2 aromatic rings. The van der Waals surface area contributed by atoms with E-state index >= 15 is 0 Å². The molecule has 1 fully saturated rings. The van der Waals surface area contributed by atoms with Gasteiger partial charge in [-0.3, -0.25) is 9.59 Å². The normalized spacial score (nSPS) is 16.3. The Balaban J connectivity index is 1.63. The number of carbonyl (C=O) groups excluding carboxylic acids is 2. The monoisotopic (exact) mass is 372 g/mol. The van der Waals surface area contributed by atoms with Crippen molar-refractivity contribution in [1.29, 1.82) is 0 Å². The molecule has 1 N–H and O–H groups in total. The summed E-state index contributed by atoms with van der Waals surface area (Å²) in [6.45, 7) is 0.667. The SMILES string of the molecule is COc1ccc(CNC(=O)[C@@H]2CCN(c3ccc(F)cc3)C2=O)c(OC)c1. The van der Waals surface area contributed by atoms with Crippen LogP contribution < -0.4 is 19.7 Å². The lowest BCUT2D eigenvalue weighted by molar-refractivity contribution is -0.132. The van der Waals surface area contributed by atoms with Crippen molar-refractivity contribution in [2.45, 2.75) is 13.0 Å². The van der Waals surface area contributed by atoms with Crippen molar-refractivity contribution in [3.63, 3.8) is 0 Å². The second-order valence-corrected chi connectivity index (χ2v) is 6.20. The predicted molar refractivity (Wildman–Crippen MR) is 98.3 cm³/mol. The molecule has 2 amide bonds. The lowest BCUT2D eigenvalue weighted by Gasteiger charge is -2.17. The van der Waals surface area contributed by atoms with Crippen molar-refractivity contribution in [3.8, 4) is 11.5 Å². The van der Waals surface area contributed by atoms with Gasteiger partial charge >= 0.3 is 0 Å². The molecular formula is C20H21FN2O4. The van der Waals surface area contributed by atoms with Crippen LogP contribution in [0.1, 0.15) is 12.0 Å². The van der Waals surface area contributed by atoms with Gasteiger partial charge in [0.25, 0.3) is 0 Å². The summed E-state index contributed by atoms with van der Waals surface area (Å²) >= 11 is 0. The van der Waals surface area contributed by atoms with Crippen molar-refractivity contribution < 1.29 is 23.5 Å². The summed E-state index contributed by atoms with van der Waals surface area (Å²) in [5.41, 5.74) is 1.38. The average molecular weight is 372 g/mol. The number of rotatable bonds is 6. The number of amides is 2. The Kier molecular flexibility index (Phi) is 5.59. The van der Waals surface area contributed by atoms with Gasteiger partial charge in [-0.1, -0.05) is 0 Å². The zero-order valence-corrected chi connectivity index (χ0v) is 15.2. The van der Waals surface area contributed by atoms with Gasteiger partial charge in [0.15, 0.2) is 0 Å². The van der Waals surface area contributed by atoms with Crippen molar-refractivity contribution in [2.75, 3.05) is 25.7 Å². The van der Waals surface area contributed by atoms with Crippen molar-refractivity contribution in [2.24, 2.45) is 5.92 Å². The molecule has 142 valence electrons. The number of hydrogen-bond donors (Lipinski definition) is 1. The standard InChI is InChI=1S/C20H21FN2O4/c1-26-16-8-3-13(18(11-16)27-2)12-22-19(24)17-9-10-23(20(17)25)15-6-4-14(21)5-7-15/h3-8,11,17H,9-10,12H2,1-2H3,(H,22,24)/t17-/m0/s1. The number of hydrogen-bond acceptors (Lipinski definition) is 4. The number of halogens is 1. The second-order valence-electron chi connectivity index (χ2n) is 6.20. The third-order valence-electron chi connectivity index (χ3n) is 4.61. The minimum absolute atomic E-state index is 0.242. The molecule has 0 radical (unpaired) electrons. The van der Waals surface area contributed by atoms with E-state index in [4.69, 9.17) is 9.47 Å². The first-order chi connectivity index (χ1) is 13.0. The van der Waals surface area contributed by atoms with Gasteiger partial charge in [0.2, 0.25) is 11.8 Å². The molecule has 1 heterocycles. The van der Waals surface area contributed by atoms with E-state index in [0.29, 0.717) is 30.2 Å². The fourth-order valence-corrected chi connectivity index (χ4v) is 3.10. The first kappa shape index (κ1) is 18.7. The molecule has 0 saturated carbocycles. The highest BCUT2D eigenvalue weighted by Crippen LogP contribution is 2.27. The van der Waals surface area contributed by atoms with Gasteiger partial charge in [-0.25, -0.2) is 4.39 Å². The van der Waals surface area contributed by atoms with Crippen LogP contribution in [0.3, 0.4) is 0 Å². The molecule has 0 aliphatic carbocycles. The van der Waals surface area contributed by atoms with Gasteiger partial charge < -0.3 is 19.7 Å². The van der Waals surface area contributed by atoms with E-state index in [1.54, 1.807) is 32.4 Å². The highest BCUT2D eigenvalue weighted by Gasteiger charge is 2.37. The molecule has 7 heteroatoms. The zero-order valence-electron chi connectivity index (χ0n) is 15.2. The molecule has 0 spiro atoms. The Morgan fingerprint density at radius 1 is 1.19 bits per heavy atom. The van der Waals surface area contributed by atoms with E-state index in [9.17, 15) is 14.0 Å². The number of benzene rings is 2. The van der Waals surface area contributed by atoms with Crippen molar-refractivity contribution >= 4 is 17.5 Å². The topological polar surface area (TPSA) is 67.9 Å². The Bertz CT molecular complexity index is 838. The third-order valence-corrected chi connectivity index (χ3v) is 4.61. The summed E-state index contributed by atoms with van der Waals surface area (Å²) in [5, 5.41) is 2.80. The maximum absolute atomic E-state index is 13.1. The zero-order chi connectivity index (χ0) is 19.4. The van der Waals surface area contributed by atoms with E-state index in [1.807, 2.05) is 0 Å². The van der Waals surface area contributed by atoms with Gasteiger partial charge in [-0.05, 0) is 42.8 Å². The summed E-state index contributed by atoms with van der Waals surface area (Å²) in [5.74, 6) is -0.473. The fourth-order valence-electron chi connectivity index (χ4n) is 3.10. The largest absolute Gasteiger partial charge is 0.497 e. The van der Waals surface area contributed by atoms with Crippen LogP contribution in [0.2, 0.25) is 0 Å². The van der Waals surface area contributed by atoms with Crippen LogP contribution in [0.5, 0.6) is 11.5 Å². The van der Waals surface area contributed by atoms with Gasteiger partial charge in [0, 0.05) is 30.4 Å². The van der Waals surface area contributed by atoms with Gasteiger partial charge in [0.1, 0.15) is 23.2 Å². The first-order valence-corrected chi connectivity index (χ1v) is 8.59. The van der Waals surface area contributed by atoms with Crippen LogP contribution in [-0.2, 0) is 16.1 Å². The summed E-state index contributed by atoms with van der Waals surface area (Å²) < 4.78 is 23.5. The van der Waals surface area contributed by atoms with Crippen LogP contribution >= 0.6 is 0 Å². The quantitative estimate of drug-likeness (QED) is 0.792. The van der Waals surface area contributed by atoms with Gasteiger partial charge in [-0.15, -0.1) is 0 Å². The van der Waals surface area contributed by atoms with Crippen LogP contribution in [0, 0.1) is 11.7 Å². The molecule has 6 nitrogen and oxygen atoms in total. The number of methoxy groups -OCH3 is 2. The van der Waals surface area contributed by atoms with Crippen LogP contribution in [0.25, 0.3) is 0 Å². The Morgan fingerprint density at radius 3 is 2.59 bits per heavy atom. The van der Waals surface area contributed by atoms with E-state index in [-0.39, 0.29) is 24.2 Å². The van der Waals surface area contributed by atoms with Crippen LogP contribution in [-0.4, -0.2) is 32.6 Å². The maximum atomic E-state index is 13.1. The number of nitrogens with one attached hydrogen (secondary N) is 1. The van der Waals surface area contributed by atoms with Crippen molar-refractivity contribution in [1.82, 2.24) is 5.32 Å². The minimum atomic E-state index is -0.751. The average Bonchev–Trinajstić information content (AvgIpc) is 3.08. The van der Waals surface area contributed by atoms with E-state index in [0.717, 1.165) is 5.56 Å². The molecule has 1 saturated heterocycles. The number of anilines is 1. The summed E-state index contributed by atoms with van der Waals surface area (Å²) in [6, 6.07) is 11.0. The molecule has 1 atom stereocenters. The Hall–Kier alpha value is -3.09. The summed E-state index contributed by atoms with van der Waals surface area (Å²) in [4.78, 5) is 26.6. The number of ether oxygens (including phenoxy) is 2. The van der Waals surface area contributed by atoms with Crippen LogP contribution in [0.15, 0.2) is 42.5 Å².